The molecular weight excluding hydrogens is 278 g/mol. The van der Waals surface area contributed by atoms with Crippen LogP contribution in [0.5, 0.6) is 0 Å². The van der Waals surface area contributed by atoms with Crippen molar-refractivity contribution >= 4 is 17.7 Å². The second kappa shape index (κ2) is 7.04. The third-order valence-electron chi connectivity index (χ3n) is 2.59. The summed E-state index contributed by atoms with van der Waals surface area (Å²) in [5.74, 6) is 0.766. The predicted octanol–water partition coefficient (Wildman–Crippen LogP) is 2.80. The molecule has 0 atom stereocenters. The molecule has 0 fully saturated rings. The fourth-order valence-corrected chi connectivity index (χ4v) is 2.28. The van der Waals surface area contributed by atoms with E-state index < -0.39 is 5.97 Å². The van der Waals surface area contributed by atoms with E-state index in [0.29, 0.717) is 16.7 Å². The summed E-state index contributed by atoms with van der Waals surface area (Å²) < 4.78 is 5.14. The smallest absolute Gasteiger partial charge is 0.335 e. The van der Waals surface area contributed by atoms with Gasteiger partial charge in [0.1, 0.15) is 0 Å². The summed E-state index contributed by atoms with van der Waals surface area (Å²) in [6, 6.07) is 2.99. The molecule has 106 valence electrons. The fourth-order valence-electron chi connectivity index (χ4n) is 1.54. The number of pyridine rings is 1. The predicted molar refractivity (Wildman–Crippen MR) is 73.7 cm³/mol. The van der Waals surface area contributed by atoms with Gasteiger partial charge in [0.15, 0.2) is 5.82 Å². The molecule has 0 bridgehead atoms. The highest BCUT2D eigenvalue weighted by atomic mass is 32.2. The summed E-state index contributed by atoms with van der Waals surface area (Å²) in [6.07, 6.45) is 4.42. The van der Waals surface area contributed by atoms with E-state index in [1.165, 1.54) is 30.1 Å². The molecule has 0 spiro atoms. The largest absolute Gasteiger partial charge is 0.478 e. The number of carboxylic acids is 1. The minimum Gasteiger partial charge on any atom is -0.478 e. The molecule has 2 heterocycles. The van der Waals surface area contributed by atoms with Gasteiger partial charge in [-0.2, -0.15) is 4.98 Å². The summed E-state index contributed by atoms with van der Waals surface area (Å²) in [4.78, 5) is 19.2. The normalized spacial score (nSPS) is 10.7. The van der Waals surface area contributed by atoms with Crippen LogP contribution < -0.4 is 0 Å². The quantitative estimate of drug-likeness (QED) is 0.785. The van der Waals surface area contributed by atoms with Gasteiger partial charge in [-0.05, 0) is 18.6 Å². The highest BCUT2D eigenvalue weighted by Gasteiger charge is 2.09. The van der Waals surface area contributed by atoms with Gasteiger partial charge in [-0.25, -0.2) is 9.78 Å². The molecule has 7 heteroatoms. The number of carboxylic acid groups (broad SMARTS) is 1. The fraction of sp³-hybridized carbons (Fsp3) is 0.385. The van der Waals surface area contributed by atoms with Crippen molar-refractivity contribution in [3.8, 4) is 0 Å². The highest BCUT2D eigenvalue weighted by Crippen LogP contribution is 2.20. The first-order chi connectivity index (χ1) is 9.69. The number of nitrogens with zero attached hydrogens (tertiary/aromatic N) is 3. The Hall–Kier alpha value is -1.89. The maximum atomic E-state index is 10.9. The van der Waals surface area contributed by atoms with Gasteiger partial charge in [0.05, 0.1) is 16.3 Å². The van der Waals surface area contributed by atoms with Gasteiger partial charge >= 0.3 is 5.97 Å². The Balaban J connectivity index is 1.93. The molecule has 0 saturated carbocycles. The number of rotatable bonds is 7. The number of hydrogen-bond donors (Lipinski definition) is 1. The van der Waals surface area contributed by atoms with Crippen LogP contribution in [0.1, 0.15) is 41.8 Å². The van der Waals surface area contributed by atoms with Gasteiger partial charge in [-0.3, -0.25) is 0 Å². The Kier molecular flexibility index (Phi) is 5.11. The summed E-state index contributed by atoms with van der Waals surface area (Å²) in [7, 11) is 0. The topological polar surface area (TPSA) is 89.1 Å². The zero-order valence-corrected chi connectivity index (χ0v) is 11.9. The summed E-state index contributed by atoms with van der Waals surface area (Å²) in [6.45, 7) is 2.11. The highest BCUT2D eigenvalue weighted by molar-refractivity contribution is 7.98. The number of aromatic carboxylic acids is 1. The standard InChI is InChI=1S/C13H15N3O3S/c1-2-3-4-10-15-11(19-16-10)8-20-12-7-9(13(17)18)5-6-14-12/h5-7H,2-4,8H2,1H3,(H,17,18). The number of aryl methyl sites for hydroxylation is 1. The van der Waals surface area contributed by atoms with E-state index in [9.17, 15) is 4.79 Å². The Labute approximate surface area is 120 Å². The zero-order chi connectivity index (χ0) is 14.4. The van der Waals surface area contributed by atoms with Gasteiger partial charge in [-0.1, -0.05) is 30.3 Å². The number of unbranched alkanes of at least 4 members (excludes halogenated alkanes) is 1. The lowest BCUT2D eigenvalue weighted by Gasteiger charge is -1.98. The van der Waals surface area contributed by atoms with Gasteiger partial charge < -0.3 is 9.63 Å². The summed E-state index contributed by atoms with van der Waals surface area (Å²) in [5, 5.41) is 13.4. The lowest BCUT2D eigenvalue weighted by atomic mass is 10.2. The maximum absolute atomic E-state index is 10.9. The Morgan fingerprint density at radius 1 is 1.50 bits per heavy atom. The molecule has 2 aromatic heterocycles. The second-order valence-electron chi connectivity index (χ2n) is 4.18. The van der Waals surface area contributed by atoms with Crippen molar-refractivity contribution in [2.45, 2.75) is 37.0 Å². The number of hydrogen-bond acceptors (Lipinski definition) is 6. The van der Waals surface area contributed by atoms with E-state index >= 15 is 0 Å². The van der Waals surface area contributed by atoms with Gasteiger partial charge in [0.2, 0.25) is 5.89 Å². The van der Waals surface area contributed by atoms with Gasteiger partial charge in [0, 0.05) is 12.6 Å². The monoisotopic (exact) mass is 293 g/mol. The first kappa shape index (κ1) is 14.5. The molecule has 6 nitrogen and oxygen atoms in total. The SMILES string of the molecule is CCCCc1noc(CSc2cc(C(=O)O)ccn2)n1. The molecule has 20 heavy (non-hydrogen) atoms. The van der Waals surface area contributed by atoms with Gasteiger partial charge in [0.25, 0.3) is 0 Å². The van der Waals surface area contributed by atoms with Crippen molar-refractivity contribution in [3.05, 3.63) is 35.6 Å². The molecule has 0 aliphatic heterocycles. The van der Waals surface area contributed by atoms with E-state index in [-0.39, 0.29) is 5.56 Å². The number of aromatic nitrogens is 3. The second-order valence-corrected chi connectivity index (χ2v) is 5.18. The van der Waals surface area contributed by atoms with E-state index in [1.54, 1.807) is 0 Å². The van der Waals surface area contributed by atoms with Crippen LogP contribution in [0.4, 0.5) is 0 Å². The third-order valence-corrected chi connectivity index (χ3v) is 3.50. The molecule has 2 aromatic rings. The van der Waals surface area contributed by atoms with Crippen molar-refractivity contribution < 1.29 is 14.4 Å². The van der Waals surface area contributed by atoms with Crippen LogP contribution in [0.15, 0.2) is 27.9 Å². The molecule has 2 rings (SSSR count). The lowest BCUT2D eigenvalue weighted by molar-refractivity contribution is 0.0696. The molecular formula is C13H15N3O3S. The lowest BCUT2D eigenvalue weighted by Crippen LogP contribution is -1.96. The summed E-state index contributed by atoms with van der Waals surface area (Å²) in [5.41, 5.74) is 0.219. The van der Waals surface area contributed by atoms with Crippen molar-refractivity contribution in [1.29, 1.82) is 0 Å². The number of carbonyl (C=O) groups is 1. The van der Waals surface area contributed by atoms with Crippen LogP contribution in [0.2, 0.25) is 0 Å². The maximum Gasteiger partial charge on any atom is 0.335 e. The Morgan fingerprint density at radius 2 is 2.35 bits per heavy atom. The van der Waals surface area contributed by atoms with Crippen LogP contribution in [0.3, 0.4) is 0 Å². The van der Waals surface area contributed by atoms with Gasteiger partial charge in [-0.15, -0.1) is 0 Å². The first-order valence-electron chi connectivity index (χ1n) is 6.32. The third kappa shape index (κ3) is 4.06. The Bertz CT molecular complexity index is 586. The van der Waals surface area contributed by atoms with Crippen molar-refractivity contribution in [1.82, 2.24) is 15.1 Å². The molecule has 0 aliphatic carbocycles. The first-order valence-corrected chi connectivity index (χ1v) is 7.31. The van der Waals surface area contributed by atoms with E-state index in [0.717, 1.165) is 25.1 Å². The van der Waals surface area contributed by atoms with E-state index in [4.69, 9.17) is 9.63 Å². The van der Waals surface area contributed by atoms with Crippen molar-refractivity contribution in [2.24, 2.45) is 0 Å². The molecule has 0 unspecified atom stereocenters. The average molecular weight is 293 g/mol. The van der Waals surface area contributed by atoms with Crippen molar-refractivity contribution in [2.75, 3.05) is 0 Å². The van der Waals surface area contributed by atoms with Crippen LogP contribution in [0, 0.1) is 0 Å². The molecule has 0 saturated heterocycles. The minimum atomic E-state index is -0.964. The zero-order valence-electron chi connectivity index (χ0n) is 11.1. The number of thioether (sulfide) groups is 1. The Morgan fingerprint density at radius 3 is 3.10 bits per heavy atom. The van der Waals surface area contributed by atoms with E-state index in [1.807, 2.05) is 0 Å². The van der Waals surface area contributed by atoms with Crippen LogP contribution in [-0.4, -0.2) is 26.2 Å². The molecule has 0 radical (unpaired) electrons. The van der Waals surface area contributed by atoms with Crippen molar-refractivity contribution in [3.63, 3.8) is 0 Å². The molecule has 0 amide bonds. The van der Waals surface area contributed by atoms with Crippen LogP contribution in [0.25, 0.3) is 0 Å². The van der Waals surface area contributed by atoms with Crippen LogP contribution in [-0.2, 0) is 12.2 Å². The van der Waals surface area contributed by atoms with E-state index in [2.05, 4.69) is 22.0 Å². The molecule has 1 N–H and O–H groups in total. The molecule has 0 aliphatic rings. The average Bonchev–Trinajstić information content (AvgIpc) is 2.91. The van der Waals surface area contributed by atoms with Crippen LogP contribution >= 0.6 is 11.8 Å². The molecule has 0 aromatic carbocycles. The minimum absolute atomic E-state index is 0.219. The summed E-state index contributed by atoms with van der Waals surface area (Å²) >= 11 is 1.37.